The second kappa shape index (κ2) is 6.73. The maximum atomic E-state index is 12.2. The second-order valence-corrected chi connectivity index (χ2v) is 4.98. The van der Waals surface area contributed by atoms with E-state index in [1.165, 1.54) is 12.1 Å². The lowest BCUT2D eigenvalue weighted by Crippen LogP contribution is -2.28. The van der Waals surface area contributed by atoms with Gasteiger partial charge in [0, 0.05) is 30.9 Å². The molecule has 3 rings (SSSR count). The number of carbonyl (C=O) groups is 1. The molecule has 122 valence electrons. The fourth-order valence-corrected chi connectivity index (χ4v) is 2.23. The van der Waals surface area contributed by atoms with Crippen molar-refractivity contribution in [3.05, 3.63) is 58.1 Å². The van der Waals surface area contributed by atoms with E-state index in [0.29, 0.717) is 29.7 Å². The molecule has 24 heavy (non-hydrogen) atoms. The molecule has 0 atom stereocenters. The number of H-pyrrole nitrogens is 1. The molecule has 1 heterocycles. The Kier molecular flexibility index (Phi) is 4.32. The van der Waals surface area contributed by atoms with Gasteiger partial charge in [-0.3, -0.25) is 14.9 Å². The van der Waals surface area contributed by atoms with E-state index in [0.717, 1.165) is 5.69 Å². The van der Waals surface area contributed by atoms with Crippen molar-refractivity contribution in [3.63, 3.8) is 0 Å². The van der Waals surface area contributed by atoms with Crippen LogP contribution in [0.1, 0.15) is 10.4 Å². The predicted molar refractivity (Wildman–Crippen MR) is 87.8 cm³/mol. The van der Waals surface area contributed by atoms with Gasteiger partial charge in [-0.05, 0) is 24.3 Å². The van der Waals surface area contributed by atoms with Crippen molar-refractivity contribution in [3.8, 4) is 0 Å². The van der Waals surface area contributed by atoms with Crippen LogP contribution >= 0.6 is 0 Å². The average Bonchev–Trinajstić information content (AvgIpc) is 3.07. The number of rotatable bonds is 6. The molecule has 2 aromatic carbocycles. The molecule has 0 aliphatic heterocycles. The highest BCUT2D eigenvalue weighted by atomic mass is 16.6. The number of para-hydroxylation sites is 1. The molecule has 0 aliphatic carbocycles. The van der Waals surface area contributed by atoms with Gasteiger partial charge in [0.25, 0.3) is 11.6 Å². The minimum Gasteiger partial charge on any atom is -0.383 e. The summed E-state index contributed by atoms with van der Waals surface area (Å²) in [5, 5.41) is 26.9. The van der Waals surface area contributed by atoms with E-state index in [1.54, 1.807) is 30.3 Å². The van der Waals surface area contributed by atoms with Crippen molar-refractivity contribution in [2.45, 2.75) is 0 Å². The molecule has 0 radical (unpaired) electrons. The number of non-ortho nitro benzene ring substituents is 1. The van der Waals surface area contributed by atoms with E-state index >= 15 is 0 Å². The largest absolute Gasteiger partial charge is 0.383 e. The van der Waals surface area contributed by atoms with Gasteiger partial charge < -0.3 is 10.6 Å². The molecule has 0 aliphatic rings. The average molecular weight is 326 g/mol. The zero-order valence-corrected chi connectivity index (χ0v) is 12.5. The van der Waals surface area contributed by atoms with Gasteiger partial charge >= 0.3 is 0 Å². The number of carbonyl (C=O) groups excluding carboxylic acids is 1. The Balaban J connectivity index is 1.52. The van der Waals surface area contributed by atoms with E-state index in [4.69, 9.17) is 0 Å². The van der Waals surface area contributed by atoms with Gasteiger partial charge in [0.2, 0.25) is 0 Å². The van der Waals surface area contributed by atoms with Crippen molar-refractivity contribution in [2.24, 2.45) is 0 Å². The number of hydrogen-bond donors (Lipinski definition) is 3. The molecule has 9 heteroatoms. The molecule has 0 saturated heterocycles. The van der Waals surface area contributed by atoms with E-state index in [1.807, 2.05) is 0 Å². The van der Waals surface area contributed by atoms with Gasteiger partial charge in [0.05, 0.1) is 10.5 Å². The van der Waals surface area contributed by atoms with Crippen LogP contribution in [0.5, 0.6) is 0 Å². The standard InChI is InChI=1S/C15H14N6O3/c22-15(12-2-1-3-13-14(12)19-20-18-13)17-9-8-16-10-4-6-11(7-5-10)21(23)24/h1-7,16H,8-9H2,(H,17,22)(H,18,19,20). The van der Waals surface area contributed by atoms with Crippen molar-refractivity contribution in [1.82, 2.24) is 20.7 Å². The van der Waals surface area contributed by atoms with Crippen molar-refractivity contribution >= 4 is 28.3 Å². The number of nitro groups is 1. The summed E-state index contributed by atoms with van der Waals surface area (Å²) in [5.74, 6) is -0.236. The number of nitro benzene ring substituents is 1. The lowest BCUT2D eigenvalue weighted by atomic mass is 10.1. The zero-order valence-electron chi connectivity index (χ0n) is 12.5. The first kappa shape index (κ1) is 15.4. The minimum absolute atomic E-state index is 0.0366. The third kappa shape index (κ3) is 3.29. The predicted octanol–water partition coefficient (Wildman–Crippen LogP) is 1.71. The Bertz CT molecular complexity index is 874. The van der Waals surface area contributed by atoms with E-state index < -0.39 is 4.92 Å². The summed E-state index contributed by atoms with van der Waals surface area (Å²) in [7, 11) is 0. The van der Waals surface area contributed by atoms with Crippen LogP contribution in [-0.4, -0.2) is 39.3 Å². The maximum absolute atomic E-state index is 12.2. The maximum Gasteiger partial charge on any atom is 0.269 e. The van der Waals surface area contributed by atoms with Crippen LogP contribution in [0.3, 0.4) is 0 Å². The molecular weight excluding hydrogens is 312 g/mol. The molecule has 0 fully saturated rings. The highest BCUT2D eigenvalue weighted by Crippen LogP contribution is 2.15. The fraction of sp³-hybridized carbons (Fsp3) is 0.133. The molecule has 0 saturated carbocycles. The number of aromatic nitrogens is 3. The van der Waals surface area contributed by atoms with E-state index in [2.05, 4.69) is 26.0 Å². The van der Waals surface area contributed by atoms with Gasteiger partial charge in [0.1, 0.15) is 11.0 Å². The Labute approximate surface area is 136 Å². The SMILES string of the molecule is O=C(NCCNc1ccc([N+](=O)[O-])cc1)c1cccc2n[nH]nc12. The summed E-state index contributed by atoms with van der Waals surface area (Å²) < 4.78 is 0. The lowest BCUT2D eigenvalue weighted by Gasteiger charge is -2.08. The number of benzene rings is 2. The topological polar surface area (TPSA) is 126 Å². The molecule has 1 aromatic heterocycles. The number of nitrogens with zero attached hydrogens (tertiary/aromatic N) is 3. The quantitative estimate of drug-likeness (QED) is 0.359. The van der Waals surface area contributed by atoms with Crippen molar-refractivity contribution in [1.29, 1.82) is 0 Å². The number of aromatic amines is 1. The smallest absolute Gasteiger partial charge is 0.269 e. The van der Waals surface area contributed by atoms with Gasteiger partial charge in [-0.15, -0.1) is 0 Å². The number of nitrogens with one attached hydrogen (secondary N) is 3. The fourth-order valence-electron chi connectivity index (χ4n) is 2.23. The Hall–Kier alpha value is -3.49. The first-order valence-corrected chi connectivity index (χ1v) is 7.21. The van der Waals surface area contributed by atoms with Gasteiger partial charge in [-0.2, -0.15) is 15.4 Å². The van der Waals surface area contributed by atoms with Crippen LogP contribution in [0.25, 0.3) is 11.0 Å². The molecule has 0 unspecified atom stereocenters. The van der Waals surface area contributed by atoms with Gasteiger partial charge in [-0.1, -0.05) is 6.07 Å². The summed E-state index contributed by atoms with van der Waals surface area (Å²) >= 11 is 0. The third-order valence-corrected chi connectivity index (χ3v) is 3.41. The summed E-state index contributed by atoms with van der Waals surface area (Å²) in [4.78, 5) is 22.3. The van der Waals surface area contributed by atoms with Crippen LogP contribution in [0.15, 0.2) is 42.5 Å². The molecule has 0 spiro atoms. The molecule has 3 aromatic rings. The Morgan fingerprint density at radius 2 is 1.92 bits per heavy atom. The van der Waals surface area contributed by atoms with Crippen LogP contribution in [0.2, 0.25) is 0 Å². The van der Waals surface area contributed by atoms with Crippen LogP contribution in [0, 0.1) is 10.1 Å². The molecule has 3 N–H and O–H groups in total. The summed E-state index contributed by atoms with van der Waals surface area (Å²) in [6.07, 6.45) is 0. The number of amides is 1. The summed E-state index contributed by atoms with van der Waals surface area (Å²) in [5.41, 5.74) is 2.39. The van der Waals surface area contributed by atoms with E-state index in [9.17, 15) is 14.9 Å². The van der Waals surface area contributed by atoms with Crippen molar-refractivity contribution < 1.29 is 9.72 Å². The first-order valence-electron chi connectivity index (χ1n) is 7.21. The second-order valence-electron chi connectivity index (χ2n) is 4.98. The normalized spacial score (nSPS) is 10.5. The highest BCUT2D eigenvalue weighted by molar-refractivity contribution is 6.04. The third-order valence-electron chi connectivity index (χ3n) is 3.41. The van der Waals surface area contributed by atoms with E-state index in [-0.39, 0.29) is 11.6 Å². The highest BCUT2D eigenvalue weighted by Gasteiger charge is 2.11. The van der Waals surface area contributed by atoms with Gasteiger partial charge in [0.15, 0.2) is 0 Å². The minimum atomic E-state index is -0.450. The summed E-state index contributed by atoms with van der Waals surface area (Å²) in [6, 6.07) is 11.3. The Morgan fingerprint density at radius 1 is 1.12 bits per heavy atom. The molecule has 0 bridgehead atoms. The van der Waals surface area contributed by atoms with Gasteiger partial charge in [-0.25, -0.2) is 0 Å². The lowest BCUT2D eigenvalue weighted by molar-refractivity contribution is -0.384. The first-order chi connectivity index (χ1) is 11.6. The van der Waals surface area contributed by atoms with Crippen LogP contribution < -0.4 is 10.6 Å². The molecular formula is C15H14N6O3. The monoisotopic (exact) mass is 326 g/mol. The Morgan fingerprint density at radius 3 is 2.67 bits per heavy atom. The van der Waals surface area contributed by atoms with Crippen LogP contribution in [0.4, 0.5) is 11.4 Å². The number of fused-ring (bicyclic) bond motifs is 1. The molecule has 1 amide bonds. The number of anilines is 1. The number of hydrogen-bond acceptors (Lipinski definition) is 6. The zero-order chi connectivity index (χ0) is 16.9. The van der Waals surface area contributed by atoms with Crippen molar-refractivity contribution in [2.75, 3.05) is 18.4 Å². The van der Waals surface area contributed by atoms with Crippen LogP contribution in [-0.2, 0) is 0 Å². The molecule has 9 nitrogen and oxygen atoms in total. The summed E-state index contributed by atoms with van der Waals surface area (Å²) in [6.45, 7) is 0.877.